The lowest BCUT2D eigenvalue weighted by molar-refractivity contribution is 0.102. The van der Waals surface area contributed by atoms with E-state index in [0.717, 1.165) is 33.3 Å². The van der Waals surface area contributed by atoms with Crippen LogP contribution in [0.5, 0.6) is 0 Å². The highest BCUT2D eigenvalue weighted by atomic mass is 32.1. The summed E-state index contributed by atoms with van der Waals surface area (Å²) in [4.78, 5) is 20.4. The minimum absolute atomic E-state index is 0.136. The number of hydrogen-bond acceptors (Lipinski definition) is 4. The minimum atomic E-state index is -0.136. The molecule has 4 aromatic rings. The number of amides is 1. The highest BCUT2D eigenvalue weighted by Gasteiger charge is 2.14. The number of imidazole rings is 1. The number of hydrogen-bond donors (Lipinski definition) is 1. The fourth-order valence-corrected chi connectivity index (χ4v) is 3.81. The van der Waals surface area contributed by atoms with Crippen LogP contribution < -0.4 is 10.2 Å². The van der Waals surface area contributed by atoms with Gasteiger partial charge in [-0.15, -0.1) is 11.3 Å². The Hall–Kier alpha value is -3.12. The fraction of sp³-hybridized carbons (Fsp3) is 0.143. The highest BCUT2D eigenvalue weighted by molar-refractivity contribution is 7.15. The van der Waals surface area contributed by atoms with Gasteiger partial charge in [-0.1, -0.05) is 24.3 Å². The van der Waals surface area contributed by atoms with Crippen molar-refractivity contribution in [3.8, 4) is 11.3 Å². The van der Waals surface area contributed by atoms with Gasteiger partial charge in [0, 0.05) is 48.2 Å². The molecule has 0 saturated heterocycles. The van der Waals surface area contributed by atoms with Crippen molar-refractivity contribution in [2.75, 3.05) is 24.3 Å². The van der Waals surface area contributed by atoms with Gasteiger partial charge in [0.1, 0.15) is 0 Å². The maximum absolute atomic E-state index is 12.8. The number of carbonyl (C=O) groups excluding carboxylic acids is 1. The maximum Gasteiger partial charge on any atom is 0.255 e. The number of aromatic nitrogens is 2. The molecule has 0 saturated carbocycles. The highest BCUT2D eigenvalue weighted by Crippen LogP contribution is 2.29. The van der Waals surface area contributed by atoms with Gasteiger partial charge >= 0.3 is 0 Å². The Bertz CT molecular complexity index is 1130. The number of para-hydroxylation sites is 1. The fourth-order valence-electron chi connectivity index (χ4n) is 2.96. The van der Waals surface area contributed by atoms with Crippen LogP contribution in [0.25, 0.3) is 16.2 Å². The van der Waals surface area contributed by atoms with E-state index in [1.54, 1.807) is 11.3 Å². The molecule has 6 heteroatoms. The van der Waals surface area contributed by atoms with Crippen LogP contribution >= 0.6 is 11.3 Å². The standard InChI is InChI=1S/C21H20N4OS/c1-14-13-27-21-23-19(12-25(14)21)17-9-4-5-10-18(17)22-20(26)15-7-6-8-16(11-15)24(2)3/h4-13H,1-3H3,(H,22,26). The SMILES string of the molecule is Cc1csc2nc(-c3ccccc3NC(=O)c3cccc(N(C)C)c3)cn12. The summed E-state index contributed by atoms with van der Waals surface area (Å²) in [5, 5.41) is 5.12. The molecule has 1 N–H and O–H groups in total. The molecule has 0 aliphatic rings. The predicted octanol–water partition coefficient (Wildman–Crippen LogP) is 4.69. The largest absolute Gasteiger partial charge is 0.378 e. The Morgan fingerprint density at radius 2 is 1.96 bits per heavy atom. The lowest BCUT2D eigenvalue weighted by atomic mass is 10.1. The molecule has 0 aliphatic heterocycles. The summed E-state index contributed by atoms with van der Waals surface area (Å²) in [6.07, 6.45) is 2.01. The molecule has 2 aromatic heterocycles. The zero-order chi connectivity index (χ0) is 19.0. The van der Waals surface area contributed by atoms with Crippen LogP contribution in [0.4, 0.5) is 11.4 Å². The molecule has 2 aromatic carbocycles. The van der Waals surface area contributed by atoms with Crippen molar-refractivity contribution >= 4 is 33.6 Å². The second kappa shape index (κ2) is 6.89. The molecule has 4 rings (SSSR count). The van der Waals surface area contributed by atoms with E-state index in [-0.39, 0.29) is 5.91 Å². The second-order valence-corrected chi connectivity index (χ2v) is 7.44. The molecule has 0 atom stereocenters. The number of rotatable bonds is 4. The van der Waals surface area contributed by atoms with E-state index in [4.69, 9.17) is 4.98 Å². The van der Waals surface area contributed by atoms with Crippen molar-refractivity contribution in [3.05, 3.63) is 71.4 Å². The van der Waals surface area contributed by atoms with Gasteiger partial charge in [-0.3, -0.25) is 9.20 Å². The lowest BCUT2D eigenvalue weighted by Gasteiger charge is -2.14. The van der Waals surface area contributed by atoms with Gasteiger partial charge in [0.05, 0.1) is 11.4 Å². The smallest absolute Gasteiger partial charge is 0.255 e. The molecule has 0 fully saturated rings. The van der Waals surface area contributed by atoms with Crippen LogP contribution in [0.15, 0.2) is 60.1 Å². The third-order valence-corrected chi connectivity index (χ3v) is 5.42. The van der Waals surface area contributed by atoms with Crippen LogP contribution in [0.1, 0.15) is 16.1 Å². The quantitative estimate of drug-likeness (QED) is 0.562. The Kier molecular flexibility index (Phi) is 4.41. The first kappa shape index (κ1) is 17.3. The molecule has 0 unspecified atom stereocenters. The molecule has 2 heterocycles. The van der Waals surface area contributed by atoms with E-state index >= 15 is 0 Å². The average molecular weight is 376 g/mol. The number of nitrogens with zero attached hydrogens (tertiary/aromatic N) is 3. The third kappa shape index (κ3) is 3.31. The molecule has 0 aliphatic carbocycles. The zero-order valence-corrected chi connectivity index (χ0v) is 16.2. The molecular weight excluding hydrogens is 356 g/mol. The Labute approximate surface area is 161 Å². The number of fused-ring (bicyclic) bond motifs is 1. The van der Waals surface area contributed by atoms with E-state index in [1.165, 1.54) is 0 Å². The Morgan fingerprint density at radius 1 is 1.15 bits per heavy atom. The summed E-state index contributed by atoms with van der Waals surface area (Å²) < 4.78 is 2.07. The predicted molar refractivity (Wildman–Crippen MR) is 112 cm³/mol. The number of nitrogens with one attached hydrogen (secondary N) is 1. The molecular formula is C21H20N4OS. The Balaban J connectivity index is 1.67. The molecule has 5 nitrogen and oxygen atoms in total. The van der Waals surface area contributed by atoms with Gasteiger partial charge in [0.25, 0.3) is 5.91 Å². The van der Waals surface area contributed by atoms with Crippen molar-refractivity contribution < 1.29 is 4.79 Å². The van der Waals surface area contributed by atoms with E-state index in [9.17, 15) is 4.79 Å². The summed E-state index contributed by atoms with van der Waals surface area (Å²) >= 11 is 1.61. The summed E-state index contributed by atoms with van der Waals surface area (Å²) in [5.41, 5.74) is 5.27. The number of benzene rings is 2. The van der Waals surface area contributed by atoms with E-state index < -0.39 is 0 Å². The summed E-state index contributed by atoms with van der Waals surface area (Å²) in [6, 6.07) is 15.3. The van der Waals surface area contributed by atoms with Gasteiger partial charge in [-0.25, -0.2) is 4.98 Å². The topological polar surface area (TPSA) is 49.6 Å². The van der Waals surface area contributed by atoms with E-state index in [2.05, 4.69) is 22.0 Å². The number of anilines is 2. The molecule has 0 spiro atoms. The van der Waals surface area contributed by atoms with Gasteiger partial charge in [-0.2, -0.15) is 0 Å². The summed E-state index contributed by atoms with van der Waals surface area (Å²) in [7, 11) is 3.91. The molecule has 1 amide bonds. The molecule has 0 radical (unpaired) electrons. The van der Waals surface area contributed by atoms with Crippen molar-refractivity contribution in [3.63, 3.8) is 0 Å². The van der Waals surface area contributed by atoms with Crippen LogP contribution in [0.2, 0.25) is 0 Å². The summed E-state index contributed by atoms with van der Waals surface area (Å²) in [5.74, 6) is -0.136. The number of carbonyl (C=O) groups is 1. The van der Waals surface area contributed by atoms with E-state index in [0.29, 0.717) is 5.56 Å². The van der Waals surface area contributed by atoms with Crippen molar-refractivity contribution in [2.24, 2.45) is 0 Å². The third-order valence-electron chi connectivity index (χ3n) is 4.46. The first-order valence-corrected chi connectivity index (χ1v) is 9.52. The van der Waals surface area contributed by atoms with Gasteiger partial charge in [-0.05, 0) is 31.2 Å². The monoisotopic (exact) mass is 376 g/mol. The Morgan fingerprint density at radius 3 is 2.74 bits per heavy atom. The molecule has 136 valence electrons. The van der Waals surface area contributed by atoms with Crippen LogP contribution in [-0.4, -0.2) is 29.4 Å². The minimum Gasteiger partial charge on any atom is -0.378 e. The number of aryl methyl sites for hydroxylation is 1. The lowest BCUT2D eigenvalue weighted by Crippen LogP contribution is -2.14. The molecule has 0 bridgehead atoms. The maximum atomic E-state index is 12.8. The van der Waals surface area contributed by atoms with Gasteiger partial charge in [0.2, 0.25) is 0 Å². The van der Waals surface area contributed by atoms with Gasteiger partial charge < -0.3 is 10.2 Å². The summed E-state index contributed by atoms with van der Waals surface area (Å²) in [6.45, 7) is 2.06. The van der Waals surface area contributed by atoms with Crippen LogP contribution in [0, 0.1) is 6.92 Å². The van der Waals surface area contributed by atoms with Crippen LogP contribution in [-0.2, 0) is 0 Å². The second-order valence-electron chi connectivity index (χ2n) is 6.60. The van der Waals surface area contributed by atoms with E-state index in [1.807, 2.05) is 73.7 Å². The van der Waals surface area contributed by atoms with Crippen molar-refractivity contribution in [1.82, 2.24) is 9.38 Å². The molecule has 27 heavy (non-hydrogen) atoms. The van der Waals surface area contributed by atoms with Crippen molar-refractivity contribution in [2.45, 2.75) is 6.92 Å². The first-order valence-electron chi connectivity index (χ1n) is 8.64. The van der Waals surface area contributed by atoms with Crippen molar-refractivity contribution in [1.29, 1.82) is 0 Å². The first-order chi connectivity index (χ1) is 13.0. The zero-order valence-electron chi connectivity index (χ0n) is 15.4. The normalized spacial score (nSPS) is 10.9. The van der Waals surface area contributed by atoms with Crippen LogP contribution in [0.3, 0.4) is 0 Å². The average Bonchev–Trinajstić information content (AvgIpc) is 3.24. The number of thiazole rings is 1. The van der Waals surface area contributed by atoms with Gasteiger partial charge in [0.15, 0.2) is 4.96 Å².